The number of hydrogen-bond acceptors (Lipinski definition) is 6. The predicted octanol–water partition coefficient (Wildman–Crippen LogP) is 4.00. The molecule has 3 rings (SSSR count). The van der Waals surface area contributed by atoms with Crippen molar-refractivity contribution >= 4 is 28.6 Å². The minimum Gasteiger partial charge on any atom is -0.382 e. The number of hydrogen-bond donors (Lipinski definition) is 2. The smallest absolute Gasteiger partial charge is 0.357 e. The molecule has 0 saturated heterocycles. The average Bonchev–Trinajstić information content (AvgIpc) is 2.89. The lowest BCUT2D eigenvalue weighted by Crippen LogP contribution is -2.01. The average molecular weight is 371 g/mol. The molecular weight excluding hydrogens is 354 g/mol. The van der Waals surface area contributed by atoms with Crippen LogP contribution in [-0.4, -0.2) is 18.5 Å². The van der Waals surface area contributed by atoms with Crippen molar-refractivity contribution in [1.29, 1.82) is 0 Å². The minimum absolute atomic E-state index is 0.154. The molecule has 0 bridgehead atoms. The number of nitrogen functional groups attached to an aromatic ring is 1. The van der Waals surface area contributed by atoms with Crippen LogP contribution in [0.3, 0.4) is 0 Å². The molecule has 3 N–H and O–H groups in total. The van der Waals surface area contributed by atoms with Crippen molar-refractivity contribution < 1.29 is 12.9 Å². The Bertz CT molecular complexity index is 986. The first kappa shape index (κ1) is 17.8. The van der Waals surface area contributed by atoms with E-state index in [9.17, 15) is 4.21 Å². The normalized spacial score (nSPS) is 12.4. The van der Waals surface area contributed by atoms with Gasteiger partial charge in [0.05, 0.1) is 11.4 Å². The quantitative estimate of drug-likeness (QED) is 0.519. The van der Waals surface area contributed by atoms with Gasteiger partial charge in [0, 0.05) is 0 Å². The van der Waals surface area contributed by atoms with Crippen LogP contribution in [0.2, 0.25) is 0 Å². The molecule has 1 aromatic heterocycles. The van der Waals surface area contributed by atoms with E-state index in [2.05, 4.69) is 15.3 Å². The highest BCUT2D eigenvalue weighted by molar-refractivity contribution is 7.74. The maximum absolute atomic E-state index is 11.0. The second-order valence-electron chi connectivity index (χ2n) is 5.54. The number of aryl methyl sites for hydroxylation is 2. The summed E-state index contributed by atoms with van der Waals surface area (Å²) in [5.41, 5.74) is 9.18. The number of benzene rings is 2. The van der Waals surface area contributed by atoms with Gasteiger partial charge < -0.3 is 9.92 Å². The van der Waals surface area contributed by atoms with Crippen LogP contribution in [0.25, 0.3) is 5.69 Å². The largest absolute Gasteiger partial charge is 0.382 e. The molecule has 0 saturated carbocycles. The number of azo groups is 1. The van der Waals surface area contributed by atoms with E-state index in [-0.39, 0.29) is 5.75 Å². The molecule has 8 nitrogen and oxygen atoms in total. The maximum Gasteiger partial charge on any atom is 0.357 e. The van der Waals surface area contributed by atoms with E-state index in [1.165, 1.54) is 0 Å². The number of nitrogens with two attached hydrogens (primary N) is 1. The topological polar surface area (TPSA) is 115 Å². The number of anilines is 1. The van der Waals surface area contributed by atoms with Crippen LogP contribution < -0.4 is 9.92 Å². The maximum atomic E-state index is 11.0. The van der Waals surface area contributed by atoms with Gasteiger partial charge in [-0.25, -0.2) is 4.68 Å². The fourth-order valence-electron chi connectivity index (χ4n) is 2.38. The fraction of sp³-hybridized carbons (Fsp3) is 0.118. The third-order valence-corrected chi connectivity index (χ3v) is 3.92. The Morgan fingerprint density at radius 3 is 2.58 bits per heavy atom. The molecule has 26 heavy (non-hydrogen) atoms. The summed E-state index contributed by atoms with van der Waals surface area (Å²) in [7, 11) is 0. The lowest BCUT2D eigenvalue weighted by atomic mass is 10.2. The van der Waals surface area contributed by atoms with Crippen LogP contribution in [0, 0.1) is 13.8 Å². The van der Waals surface area contributed by atoms with Crippen molar-refractivity contribution in [2.75, 3.05) is 5.73 Å². The van der Waals surface area contributed by atoms with Crippen molar-refractivity contribution in [3.63, 3.8) is 0 Å². The second kappa shape index (κ2) is 7.46. The molecule has 0 fully saturated rings. The molecule has 1 atom stereocenters. The number of aromatic nitrogens is 2. The first-order valence-corrected chi connectivity index (χ1v) is 8.71. The van der Waals surface area contributed by atoms with Crippen LogP contribution in [0.1, 0.15) is 11.3 Å². The molecule has 9 heteroatoms. The van der Waals surface area contributed by atoms with Crippen LogP contribution in [0.5, 0.6) is 5.75 Å². The van der Waals surface area contributed by atoms with Gasteiger partial charge in [-0.1, -0.05) is 24.3 Å². The van der Waals surface area contributed by atoms with Crippen molar-refractivity contribution in [2.45, 2.75) is 13.8 Å². The van der Waals surface area contributed by atoms with E-state index in [1.807, 2.05) is 37.3 Å². The van der Waals surface area contributed by atoms with Gasteiger partial charge in [0.1, 0.15) is 5.69 Å². The summed E-state index contributed by atoms with van der Waals surface area (Å²) in [6.07, 6.45) is 0. The van der Waals surface area contributed by atoms with Crippen molar-refractivity contribution in [3.05, 3.63) is 59.8 Å². The fourth-order valence-corrected chi connectivity index (χ4v) is 2.66. The molecule has 0 aliphatic heterocycles. The summed E-state index contributed by atoms with van der Waals surface area (Å²) in [6, 6.07) is 14.5. The highest BCUT2D eigenvalue weighted by Crippen LogP contribution is 2.34. The Kier molecular flexibility index (Phi) is 5.10. The summed E-state index contributed by atoms with van der Waals surface area (Å²) < 4.78 is 26.4. The molecule has 1 unspecified atom stereocenters. The van der Waals surface area contributed by atoms with Crippen LogP contribution in [0.4, 0.5) is 17.2 Å². The monoisotopic (exact) mass is 371 g/mol. The molecule has 1 heterocycles. The molecule has 0 spiro atoms. The first-order valence-electron chi connectivity index (χ1n) is 7.68. The van der Waals surface area contributed by atoms with E-state index in [0.717, 1.165) is 11.3 Å². The highest BCUT2D eigenvalue weighted by atomic mass is 32.2. The van der Waals surface area contributed by atoms with E-state index in [4.69, 9.17) is 14.5 Å². The zero-order valence-electron chi connectivity index (χ0n) is 14.2. The SMILES string of the molecule is Cc1ccc(N=Nc2c(C)nn(-c3ccccc3)c2N)c(OS(=O)O)c1. The summed E-state index contributed by atoms with van der Waals surface area (Å²) in [5.74, 6) is 0.499. The summed E-state index contributed by atoms with van der Waals surface area (Å²) in [5, 5.41) is 12.7. The lowest BCUT2D eigenvalue weighted by molar-refractivity contribution is 0.458. The summed E-state index contributed by atoms with van der Waals surface area (Å²) in [6.45, 7) is 3.61. The Morgan fingerprint density at radius 1 is 1.15 bits per heavy atom. The molecule has 134 valence electrons. The van der Waals surface area contributed by atoms with Crippen LogP contribution >= 0.6 is 0 Å². The Labute approximate surface area is 152 Å². The molecule has 0 aliphatic rings. The van der Waals surface area contributed by atoms with Gasteiger partial charge in [-0.3, -0.25) is 4.55 Å². The highest BCUT2D eigenvalue weighted by Gasteiger charge is 2.14. The lowest BCUT2D eigenvalue weighted by Gasteiger charge is -2.05. The standard InChI is InChI=1S/C17H17N5O3S/c1-11-8-9-14(15(10-11)25-26(23)24)19-20-16-12(2)21-22(17(16)18)13-6-4-3-5-7-13/h3-10H,18H2,1-2H3,(H,23,24). The Balaban J connectivity index is 1.97. The molecule has 0 radical (unpaired) electrons. The van der Waals surface area contributed by atoms with E-state index in [0.29, 0.717) is 22.9 Å². The van der Waals surface area contributed by atoms with Crippen molar-refractivity contribution in [2.24, 2.45) is 10.2 Å². The van der Waals surface area contributed by atoms with E-state index in [1.54, 1.807) is 29.8 Å². The second-order valence-corrected chi connectivity index (χ2v) is 6.14. The number of rotatable bonds is 5. The van der Waals surface area contributed by atoms with Crippen molar-refractivity contribution in [1.82, 2.24) is 9.78 Å². The minimum atomic E-state index is -2.46. The molecular formula is C17H17N5O3S. The molecule has 2 aromatic carbocycles. The van der Waals surface area contributed by atoms with Gasteiger partial charge in [0.2, 0.25) is 0 Å². The van der Waals surface area contributed by atoms with Gasteiger partial charge in [0.15, 0.2) is 17.3 Å². The summed E-state index contributed by atoms with van der Waals surface area (Å²) >= 11 is -2.46. The van der Waals surface area contributed by atoms with E-state index >= 15 is 0 Å². The third-order valence-electron chi connectivity index (χ3n) is 3.60. The zero-order valence-corrected chi connectivity index (χ0v) is 15.0. The van der Waals surface area contributed by atoms with Gasteiger partial charge in [-0.05, 0) is 43.7 Å². The van der Waals surface area contributed by atoms with Gasteiger partial charge in [-0.15, -0.1) is 10.2 Å². The number of para-hydroxylation sites is 1. The van der Waals surface area contributed by atoms with E-state index < -0.39 is 11.4 Å². The van der Waals surface area contributed by atoms with Crippen molar-refractivity contribution in [3.8, 4) is 11.4 Å². The molecule has 3 aromatic rings. The van der Waals surface area contributed by atoms with Gasteiger partial charge in [-0.2, -0.15) is 9.31 Å². The molecule has 0 aliphatic carbocycles. The van der Waals surface area contributed by atoms with Gasteiger partial charge in [0.25, 0.3) is 0 Å². The van der Waals surface area contributed by atoms with Crippen LogP contribution in [-0.2, 0) is 11.4 Å². The summed E-state index contributed by atoms with van der Waals surface area (Å²) in [4.78, 5) is 0. The first-order chi connectivity index (χ1) is 12.5. The van der Waals surface area contributed by atoms with Crippen LogP contribution in [0.15, 0.2) is 58.8 Å². The number of nitrogens with zero attached hydrogens (tertiary/aromatic N) is 4. The van der Waals surface area contributed by atoms with Gasteiger partial charge >= 0.3 is 11.4 Å². The Morgan fingerprint density at radius 2 is 1.88 bits per heavy atom. The molecule has 0 amide bonds. The third kappa shape index (κ3) is 3.79. The zero-order chi connectivity index (χ0) is 18.7. The predicted molar refractivity (Wildman–Crippen MR) is 99.5 cm³/mol. The Hall–Kier alpha value is -3.04.